The van der Waals surface area contributed by atoms with Gasteiger partial charge >= 0.3 is 0 Å². The van der Waals surface area contributed by atoms with Gasteiger partial charge < -0.3 is 14.8 Å². The van der Waals surface area contributed by atoms with E-state index in [1.165, 1.54) is 0 Å². The summed E-state index contributed by atoms with van der Waals surface area (Å²) in [7, 11) is 0. The lowest BCUT2D eigenvalue weighted by Gasteiger charge is -2.19. The Morgan fingerprint density at radius 2 is 1.57 bits per heavy atom. The third-order valence-electron chi connectivity index (χ3n) is 3.10. The lowest BCUT2D eigenvalue weighted by Crippen LogP contribution is -2.15. The lowest BCUT2D eigenvalue weighted by molar-refractivity contribution is 0.171. The average molecular weight is 295 g/mol. The van der Waals surface area contributed by atoms with Gasteiger partial charge in [-0.05, 0) is 17.7 Å². The van der Waals surface area contributed by atoms with Crippen LogP contribution in [0.15, 0.2) is 30.3 Å². The first-order valence-electron chi connectivity index (χ1n) is 6.40. The van der Waals surface area contributed by atoms with Crippen LogP contribution in [0.4, 0.5) is 18.9 Å². The predicted molar refractivity (Wildman–Crippen MR) is 71.1 cm³/mol. The summed E-state index contributed by atoms with van der Waals surface area (Å²) in [5.74, 6) is -1.87. The molecule has 0 atom stereocenters. The third-order valence-corrected chi connectivity index (χ3v) is 3.10. The van der Waals surface area contributed by atoms with E-state index in [0.29, 0.717) is 30.8 Å². The highest BCUT2D eigenvalue weighted by Crippen LogP contribution is 2.31. The van der Waals surface area contributed by atoms with Crippen molar-refractivity contribution in [1.29, 1.82) is 0 Å². The van der Waals surface area contributed by atoms with Gasteiger partial charge in [0.05, 0.1) is 5.69 Å². The van der Waals surface area contributed by atoms with Gasteiger partial charge in [0, 0.05) is 18.7 Å². The van der Waals surface area contributed by atoms with E-state index in [2.05, 4.69) is 5.32 Å². The number of anilines is 1. The molecule has 3 rings (SSSR count). The smallest absolute Gasteiger partial charge is 0.161 e. The Kier molecular flexibility index (Phi) is 3.60. The molecular formula is C15H12F3NO2. The van der Waals surface area contributed by atoms with E-state index >= 15 is 0 Å². The molecule has 0 bridgehead atoms. The zero-order valence-electron chi connectivity index (χ0n) is 11.0. The second kappa shape index (κ2) is 5.55. The monoisotopic (exact) mass is 295 g/mol. The second-order valence-electron chi connectivity index (χ2n) is 4.58. The Labute approximate surface area is 119 Å². The summed E-state index contributed by atoms with van der Waals surface area (Å²) in [5.41, 5.74) is 0.715. The molecule has 0 unspecified atom stereocenters. The SMILES string of the molecule is Fc1cc(F)c(NCc2ccc3c(c2)OCCO3)cc1F. The van der Waals surface area contributed by atoms with Crippen LogP contribution in [-0.2, 0) is 6.54 Å². The topological polar surface area (TPSA) is 30.5 Å². The second-order valence-corrected chi connectivity index (χ2v) is 4.58. The predicted octanol–water partition coefficient (Wildman–Crippen LogP) is 3.49. The number of hydrogen-bond donors (Lipinski definition) is 1. The van der Waals surface area contributed by atoms with Crippen molar-refractivity contribution in [1.82, 2.24) is 0 Å². The van der Waals surface area contributed by atoms with Crippen molar-refractivity contribution in [2.24, 2.45) is 0 Å². The summed E-state index contributed by atoms with van der Waals surface area (Å²) in [4.78, 5) is 0. The summed E-state index contributed by atoms with van der Waals surface area (Å²) in [5, 5.41) is 2.73. The molecule has 2 aromatic carbocycles. The maximum absolute atomic E-state index is 13.5. The molecule has 3 nitrogen and oxygen atoms in total. The standard InChI is InChI=1S/C15H12F3NO2/c16-10-6-12(18)13(7-11(10)17)19-8-9-1-2-14-15(5-9)21-4-3-20-14/h1-2,5-7,19H,3-4,8H2. The molecule has 0 amide bonds. The Morgan fingerprint density at radius 3 is 2.38 bits per heavy atom. The van der Waals surface area contributed by atoms with Crippen molar-refractivity contribution in [3.63, 3.8) is 0 Å². The third kappa shape index (κ3) is 2.89. The fourth-order valence-corrected chi connectivity index (χ4v) is 2.05. The van der Waals surface area contributed by atoms with E-state index in [9.17, 15) is 13.2 Å². The minimum Gasteiger partial charge on any atom is -0.486 e. The number of nitrogens with one attached hydrogen (secondary N) is 1. The van der Waals surface area contributed by atoms with Crippen molar-refractivity contribution >= 4 is 5.69 Å². The Morgan fingerprint density at radius 1 is 0.857 bits per heavy atom. The number of rotatable bonds is 3. The molecule has 1 aliphatic rings. The lowest BCUT2D eigenvalue weighted by atomic mass is 10.2. The van der Waals surface area contributed by atoms with Crippen molar-refractivity contribution in [2.45, 2.75) is 6.54 Å². The normalized spacial score (nSPS) is 13.1. The molecule has 0 radical (unpaired) electrons. The number of benzene rings is 2. The zero-order valence-corrected chi connectivity index (χ0v) is 11.0. The first kappa shape index (κ1) is 13.6. The van der Waals surface area contributed by atoms with Crippen LogP contribution < -0.4 is 14.8 Å². The van der Waals surface area contributed by atoms with Gasteiger partial charge in [-0.15, -0.1) is 0 Å². The molecule has 0 saturated heterocycles. The van der Waals surface area contributed by atoms with Gasteiger partial charge in [0.1, 0.15) is 19.0 Å². The van der Waals surface area contributed by atoms with E-state index in [4.69, 9.17) is 9.47 Å². The van der Waals surface area contributed by atoms with Crippen LogP contribution >= 0.6 is 0 Å². The van der Waals surface area contributed by atoms with Gasteiger partial charge in [0.25, 0.3) is 0 Å². The molecule has 2 aromatic rings. The van der Waals surface area contributed by atoms with E-state index in [-0.39, 0.29) is 12.2 Å². The molecule has 0 aliphatic carbocycles. The fourth-order valence-electron chi connectivity index (χ4n) is 2.05. The van der Waals surface area contributed by atoms with E-state index < -0.39 is 17.5 Å². The van der Waals surface area contributed by atoms with Crippen LogP contribution in [0.5, 0.6) is 11.5 Å². The number of ether oxygens (including phenoxy) is 2. The molecule has 1 heterocycles. The Bertz CT molecular complexity index is 676. The fraction of sp³-hybridized carbons (Fsp3) is 0.200. The van der Waals surface area contributed by atoms with Crippen molar-refractivity contribution in [3.8, 4) is 11.5 Å². The van der Waals surface area contributed by atoms with Crippen molar-refractivity contribution in [2.75, 3.05) is 18.5 Å². The maximum atomic E-state index is 13.5. The van der Waals surface area contributed by atoms with Gasteiger partial charge in [-0.1, -0.05) is 6.07 Å². The average Bonchev–Trinajstić information content (AvgIpc) is 2.49. The highest BCUT2D eigenvalue weighted by Gasteiger charge is 2.13. The van der Waals surface area contributed by atoms with Gasteiger partial charge in [-0.2, -0.15) is 0 Å². The molecule has 21 heavy (non-hydrogen) atoms. The van der Waals surface area contributed by atoms with Gasteiger partial charge in [-0.25, -0.2) is 13.2 Å². The quantitative estimate of drug-likeness (QED) is 0.879. The molecule has 110 valence electrons. The summed E-state index contributed by atoms with van der Waals surface area (Å²) in [6, 6.07) is 6.62. The van der Waals surface area contributed by atoms with E-state index in [1.807, 2.05) is 0 Å². The molecule has 0 spiro atoms. The number of halogens is 3. The van der Waals surface area contributed by atoms with Crippen molar-refractivity contribution in [3.05, 3.63) is 53.3 Å². The van der Waals surface area contributed by atoms with Crippen molar-refractivity contribution < 1.29 is 22.6 Å². The first-order chi connectivity index (χ1) is 10.1. The largest absolute Gasteiger partial charge is 0.486 e. The summed E-state index contributed by atoms with van der Waals surface area (Å²) in [6.45, 7) is 1.23. The molecule has 0 saturated carbocycles. The Balaban J connectivity index is 1.74. The molecule has 1 N–H and O–H groups in total. The minimum absolute atomic E-state index is 0.0937. The summed E-state index contributed by atoms with van der Waals surface area (Å²) >= 11 is 0. The summed E-state index contributed by atoms with van der Waals surface area (Å²) in [6.07, 6.45) is 0. The zero-order chi connectivity index (χ0) is 14.8. The van der Waals surface area contributed by atoms with E-state index in [1.54, 1.807) is 18.2 Å². The van der Waals surface area contributed by atoms with Gasteiger partial charge in [0.15, 0.2) is 23.1 Å². The molecule has 1 aliphatic heterocycles. The van der Waals surface area contributed by atoms with Crippen LogP contribution in [0, 0.1) is 17.5 Å². The van der Waals surface area contributed by atoms with Crippen LogP contribution in [0.3, 0.4) is 0 Å². The molecule has 6 heteroatoms. The van der Waals surface area contributed by atoms with Gasteiger partial charge in [-0.3, -0.25) is 0 Å². The maximum Gasteiger partial charge on any atom is 0.161 e. The number of hydrogen-bond acceptors (Lipinski definition) is 3. The molecular weight excluding hydrogens is 283 g/mol. The number of fused-ring (bicyclic) bond motifs is 1. The van der Waals surface area contributed by atoms with Gasteiger partial charge in [0.2, 0.25) is 0 Å². The minimum atomic E-state index is -1.21. The summed E-state index contributed by atoms with van der Waals surface area (Å²) < 4.78 is 50.3. The highest BCUT2D eigenvalue weighted by atomic mass is 19.2. The Hall–Kier alpha value is -2.37. The van der Waals surface area contributed by atoms with Crippen LogP contribution in [-0.4, -0.2) is 13.2 Å². The van der Waals surface area contributed by atoms with Crippen LogP contribution in [0.1, 0.15) is 5.56 Å². The first-order valence-corrected chi connectivity index (χ1v) is 6.40. The molecule has 0 aromatic heterocycles. The molecule has 0 fully saturated rings. The highest BCUT2D eigenvalue weighted by molar-refractivity contribution is 5.48. The van der Waals surface area contributed by atoms with Crippen LogP contribution in [0.2, 0.25) is 0 Å². The van der Waals surface area contributed by atoms with Crippen LogP contribution in [0.25, 0.3) is 0 Å². The van der Waals surface area contributed by atoms with E-state index in [0.717, 1.165) is 11.6 Å².